The standard InChI is InChI=1S/C12H14ClFN2O2S/c13-10-4-8(15)5-11(12(10)14)19(17,18)16-6-7-1-2-9(16)3-7/h4-5,7,9H,1-3,6,15H2. The minimum Gasteiger partial charge on any atom is -0.399 e. The third kappa shape index (κ3) is 2.02. The maximum absolute atomic E-state index is 14.0. The van der Waals surface area contributed by atoms with Crippen LogP contribution in [0.1, 0.15) is 19.3 Å². The molecule has 2 atom stereocenters. The quantitative estimate of drug-likeness (QED) is 0.852. The van der Waals surface area contributed by atoms with Gasteiger partial charge in [0.2, 0.25) is 10.0 Å². The Bertz CT molecular complexity index is 635. The lowest BCUT2D eigenvalue weighted by Crippen LogP contribution is -2.38. The number of halogens is 2. The minimum atomic E-state index is -3.85. The zero-order valence-corrected chi connectivity index (χ0v) is 11.7. The molecule has 1 heterocycles. The number of rotatable bonds is 2. The average molecular weight is 305 g/mol. The molecule has 19 heavy (non-hydrogen) atoms. The predicted molar refractivity (Wildman–Crippen MR) is 70.8 cm³/mol. The number of benzene rings is 1. The van der Waals surface area contributed by atoms with Gasteiger partial charge in [0, 0.05) is 18.3 Å². The van der Waals surface area contributed by atoms with Crippen LogP contribution in [-0.2, 0) is 10.0 Å². The summed E-state index contributed by atoms with van der Waals surface area (Å²) in [7, 11) is -3.85. The number of anilines is 1. The molecule has 104 valence electrons. The van der Waals surface area contributed by atoms with E-state index in [0.29, 0.717) is 12.5 Å². The van der Waals surface area contributed by atoms with Crippen molar-refractivity contribution in [3.8, 4) is 0 Å². The van der Waals surface area contributed by atoms with Crippen molar-refractivity contribution in [2.45, 2.75) is 30.2 Å². The van der Waals surface area contributed by atoms with Crippen molar-refractivity contribution in [1.82, 2.24) is 4.31 Å². The first-order valence-electron chi connectivity index (χ1n) is 6.16. The number of nitrogen functional groups attached to an aromatic ring is 1. The van der Waals surface area contributed by atoms with Crippen LogP contribution >= 0.6 is 11.6 Å². The van der Waals surface area contributed by atoms with Gasteiger partial charge in [-0.1, -0.05) is 11.6 Å². The Kier molecular flexibility index (Phi) is 2.99. The Balaban J connectivity index is 2.06. The Labute approximate surface area is 116 Å². The summed E-state index contributed by atoms with van der Waals surface area (Å²) in [5, 5.41) is -0.261. The second-order valence-corrected chi connectivity index (χ2v) is 7.49. The summed E-state index contributed by atoms with van der Waals surface area (Å²) in [5.41, 5.74) is 5.71. The molecule has 3 rings (SSSR count). The van der Waals surface area contributed by atoms with Gasteiger partial charge < -0.3 is 5.73 Å². The highest BCUT2D eigenvalue weighted by Crippen LogP contribution is 2.41. The van der Waals surface area contributed by atoms with Gasteiger partial charge in [-0.15, -0.1) is 0 Å². The van der Waals surface area contributed by atoms with Crippen LogP contribution in [0.25, 0.3) is 0 Å². The van der Waals surface area contributed by atoms with E-state index in [4.69, 9.17) is 17.3 Å². The van der Waals surface area contributed by atoms with Crippen molar-refractivity contribution in [3.63, 3.8) is 0 Å². The molecule has 1 aliphatic carbocycles. The smallest absolute Gasteiger partial charge is 0.246 e. The van der Waals surface area contributed by atoms with Gasteiger partial charge in [0.05, 0.1) is 5.02 Å². The number of fused-ring (bicyclic) bond motifs is 2. The van der Waals surface area contributed by atoms with E-state index in [-0.39, 0.29) is 16.8 Å². The first kappa shape index (κ1) is 13.1. The molecule has 0 radical (unpaired) electrons. The first-order valence-corrected chi connectivity index (χ1v) is 7.98. The Morgan fingerprint density at radius 3 is 2.68 bits per heavy atom. The Hall–Kier alpha value is -0.850. The summed E-state index contributed by atoms with van der Waals surface area (Å²) < 4.78 is 40.4. The monoisotopic (exact) mass is 304 g/mol. The molecule has 0 spiro atoms. The van der Waals surface area contributed by atoms with Crippen LogP contribution in [0.4, 0.5) is 10.1 Å². The lowest BCUT2D eigenvalue weighted by Gasteiger charge is -2.26. The van der Waals surface area contributed by atoms with E-state index < -0.39 is 20.7 Å². The van der Waals surface area contributed by atoms with E-state index in [2.05, 4.69) is 0 Å². The van der Waals surface area contributed by atoms with Crippen LogP contribution in [0.3, 0.4) is 0 Å². The van der Waals surface area contributed by atoms with Crippen LogP contribution in [0.2, 0.25) is 5.02 Å². The number of piperidine rings is 1. The van der Waals surface area contributed by atoms with Gasteiger partial charge in [-0.05, 0) is 37.3 Å². The number of nitrogens with two attached hydrogens (primary N) is 1. The molecule has 1 aromatic rings. The average Bonchev–Trinajstić information content (AvgIpc) is 2.95. The second-order valence-electron chi connectivity index (χ2n) is 5.22. The van der Waals surface area contributed by atoms with E-state index in [1.165, 1.54) is 10.4 Å². The number of sulfonamides is 1. The van der Waals surface area contributed by atoms with Crippen LogP contribution in [0.5, 0.6) is 0 Å². The van der Waals surface area contributed by atoms with Gasteiger partial charge in [0.15, 0.2) is 5.82 Å². The van der Waals surface area contributed by atoms with Gasteiger partial charge in [-0.25, -0.2) is 12.8 Å². The molecule has 0 aromatic heterocycles. The minimum absolute atomic E-state index is 0.00499. The molecule has 1 saturated heterocycles. The Morgan fingerprint density at radius 1 is 1.37 bits per heavy atom. The fourth-order valence-corrected chi connectivity index (χ4v) is 5.22. The second kappa shape index (κ2) is 4.33. The maximum atomic E-state index is 14.0. The van der Waals surface area contributed by atoms with E-state index >= 15 is 0 Å². The largest absolute Gasteiger partial charge is 0.399 e. The highest BCUT2D eigenvalue weighted by atomic mass is 35.5. The van der Waals surface area contributed by atoms with Crippen molar-refractivity contribution in [2.24, 2.45) is 5.92 Å². The zero-order valence-electron chi connectivity index (χ0n) is 10.1. The van der Waals surface area contributed by atoms with Crippen LogP contribution in [0, 0.1) is 11.7 Å². The van der Waals surface area contributed by atoms with Crippen LogP contribution in [0.15, 0.2) is 17.0 Å². The molecule has 0 amide bonds. The van der Waals surface area contributed by atoms with Crippen molar-refractivity contribution in [1.29, 1.82) is 0 Å². The van der Waals surface area contributed by atoms with Crippen molar-refractivity contribution < 1.29 is 12.8 Å². The molecular formula is C12H14ClFN2O2S. The lowest BCUT2D eigenvalue weighted by atomic mass is 10.1. The fourth-order valence-electron chi connectivity index (χ4n) is 3.07. The summed E-state index contributed by atoms with van der Waals surface area (Å²) in [6.07, 6.45) is 2.77. The number of nitrogens with zero attached hydrogens (tertiary/aromatic N) is 1. The van der Waals surface area contributed by atoms with Crippen molar-refractivity contribution >= 4 is 27.3 Å². The summed E-state index contributed by atoms with van der Waals surface area (Å²) in [6, 6.07) is 2.35. The molecule has 2 aliphatic rings. The predicted octanol–water partition coefficient (Wildman–Crippen LogP) is 2.23. The van der Waals surface area contributed by atoms with Crippen molar-refractivity contribution in [2.75, 3.05) is 12.3 Å². The zero-order chi connectivity index (χ0) is 13.8. The first-order chi connectivity index (χ1) is 8.89. The van der Waals surface area contributed by atoms with Gasteiger partial charge >= 0.3 is 0 Å². The molecule has 2 fully saturated rings. The van der Waals surface area contributed by atoms with Gasteiger partial charge in [0.1, 0.15) is 4.90 Å². The SMILES string of the molecule is Nc1cc(Cl)c(F)c(S(=O)(=O)N2CC3CCC2C3)c1. The van der Waals surface area contributed by atoms with E-state index in [9.17, 15) is 12.8 Å². The van der Waals surface area contributed by atoms with E-state index in [1.807, 2.05) is 0 Å². The molecule has 1 aromatic carbocycles. The maximum Gasteiger partial charge on any atom is 0.246 e. The third-order valence-electron chi connectivity index (χ3n) is 3.96. The van der Waals surface area contributed by atoms with Crippen molar-refractivity contribution in [3.05, 3.63) is 23.0 Å². The topological polar surface area (TPSA) is 63.4 Å². The fraction of sp³-hybridized carbons (Fsp3) is 0.500. The molecule has 7 heteroatoms. The highest BCUT2D eigenvalue weighted by Gasteiger charge is 2.45. The van der Waals surface area contributed by atoms with Gasteiger partial charge in [-0.3, -0.25) is 0 Å². The summed E-state index contributed by atoms with van der Waals surface area (Å²) in [6.45, 7) is 0.471. The number of hydrogen-bond donors (Lipinski definition) is 1. The molecular weight excluding hydrogens is 291 g/mol. The molecule has 1 saturated carbocycles. The molecule has 4 nitrogen and oxygen atoms in total. The summed E-state index contributed by atoms with van der Waals surface area (Å²) in [5.74, 6) is -0.516. The van der Waals surface area contributed by atoms with E-state index in [0.717, 1.165) is 25.3 Å². The third-order valence-corrected chi connectivity index (χ3v) is 6.16. The lowest BCUT2D eigenvalue weighted by molar-refractivity contribution is 0.332. The van der Waals surface area contributed by atoms with Gasteiger partial charge in [-0.2, -0.15) is 4.31 Å². The molecule has 2 N–H and O–H groups in total. The van der Waals surface area contributed by atoms with Crippen LogP contribution < -0.4 is 5.73 Å². The summed E-state index contributed by atoms with van der Waals surface area (Å²) >= 11 is 5.67. The normalized spacial score (nSPS) is 27.1. The highest BCUT2D eigenvalue weighted by molar-refractivity contribution is 7.89. The Morgan fingerprint density at radius 2 is 2.11 bits per heavy atom. The molecule has 1 aliphatic heterocycles. The van der Waals surface area contributed by atoms with E-state index in [1.54, 1.807) is 0 Å². The van der Waals surface area contributed by atoms with Crippen LogP contribution in [-0.4, -0.2) is 25.3 Å². The number of hydrogen-bond acceptors (Lipinski definition) is 3. The molecule has 2 unspecified atom stereocenters. The molecule has 2 bridgehead atoms. The summed E-state index contributed by atoms with van der Waals surface area (Å²) in [4.78, 5) is -0.412. The van der Waals surface area contributed by atoms with Gasteiger partial charge in [0.25, 0.3) is 0 Å².